The van der Waals surface area contributed by atoms with Crippen molar-refractivity contribution in [1.82, 2.24) is 4.98 Å². The molecule has 0 bridgehead atoms. The summed E-state index contributed by atoms with van der Waals surface area (Å²) in [5.74, 6) is 1.34. The van der Waals surface area contributed by atoms with Crippen LogP contribution in [0.15, 0.2) is 18.3 Å². The van der Waals surface area contributed by atoms with Gasteiger partial charge < -0.3 is 15.7 Å². The summed E-state index contributed by atoms with van der Waals surface area (Å²) in [6, 6.07) is 3.86. The molecule has 0 aliphatic carbocycles. The number of hydrogen-bond donors (Lipinski definition) is 3. The molecule has 0 amide bonds. The molecule has 0 saturated heterocycles. The predicted octanol–water partition coefficient (Wildman–Crippen LogP) is 2.72. The summed E-state index contributed by atoms with van der Waals surface area (Å²) in [6.07, 6.45) is 2.54. The standard InChI is InChI=1S/C14H25N3O/c1-5-15-13-8-12(6-7-16-13)17-10-14(4,18)9-11(2)3/h6-8,11,18H,5,9-10H2,1-4H3,(H2,15,16,17). The molecule has 0 radical (unpaired) electrons. The second-order valence-electron chi connectivity index (χ2n) is 5.41. The number of anilines is 2. The highest BCUT2D eigenvalue weighted by Crippen LogP contribution is 2.18. The van der Waals surface area contributed by atoms with Gasteiger partial charge in [-0.15, -0.1) is 0 Å². The highest BCUT2D eigenvalue weighted by molar-refractivity contribution is 5.51. The van der Waals surface area contributed by atoms with Crippen molar-refractivity contribution in [2.45, 2.75) is 39.7 Å². The summed E-state index contributed by atoms with van der Waals surface area (Å²) in [5, 5.41) is 16.6. The first kappa shape index (κ1) is 14.8. The van der Waals surface area contributed by atoms with Crippen LogP contribution >= 0.6 is 0 Å². The molecule has 0 fully saturated rings. The summed E-state index contributed by atoms with van der Waals surface area (Å²) in [5.41, 5.74) is 0.292. The Labute approximate surface area is 110 Å². The van der Waals surface area contributed by atoms with Crippen molar-refractivity contribution in [3.63, 3.8) is 0 Å². The quantitative estimate of drug-likeness (QED) is 0.697. The van der Waals surface area contributed by atoms with Gasteiger partial charge in [0.25, 0.3) is 0 Å². The van der Waals surface area contributed by atoms with Crippen LogP contribution in [0.2, 0.25) is 0 Å². The summed E-state index contributed by atoms with van der Waals surface area (Å²) >= 11 is 0. The average molecular weight is 251 g/mol. The van der Waals surface area contributed by atoms with Crippen LogP contribution < -0.4 is 10.6 Å². The van der Waals surface area contributed by atoms with E-state index >= 15 is 0 Å². The van der Waals surface area contributed by atoms with Crippen LogP contribution in [0.1, 0.15) is 34.1 Å². The van der Waals surface area contributed by atoms with Crippen molar-refractivity contribution in [1.29, 1.82) is 0 Å². The third kappa shape index (κ3) is 5.36. The molecule has 0 spiro atoms. The minimum Gasteiger partial charge on any atom is -0.388 e. The first-order valence-corrected chi connectivity index (χ1v) is 6.59. The molecule has 1 heterocycles. The second kappa shape index (κ2) is 6.59. The van der Waals surface area contributed by atoms with Crippen LogP contribution in [0, 0.1) is 5.92 Å². The number of aromatic nitrogens is 1. The molecule has 1 aromatic heterocycles. The minimum atomic E-state index is -0.685. The molecular weight excluding hydrogens is 226 g/mol. The molecule has 0 aliphatic rings. The maximum Gasteiger partial charge on any atom is 0.127 e. The van der Waals surface area contributed by atoms with E-state index in [-0.39, 0.29) is 0 Å². The molecule has 3 N–H and O–H groups in total. The van der Waals surface area contributed by atoms with Gasteiger partial charge in [-0.1, -0.05) is 13.8 Å². The Morgan fingerprint density at radius 3 is 2.72 bits per heavy atom. The molecule has 1 rings (SSSR count). The summed E-state index contributed by atoms with van der Waals surface area (Å²) in [4.78, 5) is 4.21. The van der Waals surface area contributed by atoms with Crippen molar-refractivity contribution < 1.29 is 5.11 Å². The fraction of sp³-hybridized carbons (Fsp3) is 0.643. The van der Waals surface area contributed by atoms with Crippen molar-refractivity contribution in [3.05, 3.63) is 18.3 Å². The van der Waals surface area contributed by atoms with Crippen LogP contribution in [0.5, 0.6) is 0 Å². The summed E-state index contributed by atoms with van der Waals surface area (Å²) in [7, 11) is 0. The average Bonchev–Trinajstić information content (AvgIpc) is 2.26. The van der Waals surface area contributed by atoms with Gasteiger partial charge in [0.2, 0.25) is 0 Å². The molecule has 0 aromatic carbocycles. The van der Waals surface area contributed by atoms with Crippen LogP contribution in [0.4, 0.5) is 11.5 Å². The van der Waals surface area contributed by atoms with Gasteiger partial charge in [0, 0.05) is 31.0 Å². The lowest BCUT2D eigenvalue weighted by atomic mass is 9.94. The Morgan fingerprint density at radius 2 is 2.11 bits per heavy atom. The monoisotopic (exact) mass is 251 g/mol. The van der Waals surface area contributed by atoms with Crippen molar-refractivity contribution >= 4 is 11.5 Å². The first-order valence-electron chi connectivity index (χ1n) is 6.59. The Kier molecular flexibility index (Phi) is 5.41. The largest absolute Gasteiger partial charge is 0.388 e. The Balaban J connectivity index is 2.54. The SMILES string of the molecule is CCNc1cc(NCC(C)(O)CC(C)C)ccn1. The summed E-state index contributed by atoms with van der Waals surface area (Å²) < 4.78 is 0. The van der Waals surface area contributed by atoms with E-state index < -0.39 is 5.60 Å². The number of nitrogens with zero attached hydrogens (tertiary/aromatic N) is 1. The molecule has 18 heavy (non-hydrogen) atoms. The maximum absolute atomic E-state index is 10.2. The number of aliphatic hydroxyl groups is 1. The normalized spacial score (nSPS) is 14.3. The molecule has 1 atom stereocenters. The lowest BCUT2D eigenvalue weighted by molar-refractivity contribution is 0.0515. The van der Waals surface area contributed by atoms with E-state index in [9.17, 15) is 5.11 Å². The van der Waals surface area contributed by atoms with E-state index in [1.807, 2.05) is 26.0 Å². The van der Waals surface area contributed by atoms with Gasteiger partial charge in [0.15, 0.2) is 0 Å². The zero-order valence-corrected chi connectivity index (χ0v) is 11.8. The van der Waals surface area contributed by atoms with E-state index in [1.165, 1.54) is 0 Å². The number of rotatable bonds is 7. The van der Waals surface area contributed by atoms with E-state index in [0.717, 1.165) is 24.5 Å². The lowest BCUT2D eigenvalue weighted by Crippen LogP contribution is -2.34. The zero-order valence-electron chi connectivity index (χ0n) is 11.8. The molecule has 102 valence electrons. The van der Waals surface area contributed by atoms with Crippen LogP contribution in [0.25, 0.3) is 0 Å². The van der Waals surface area contributed by atoms with Crippen molar-refractivity contribution in [3.8, 4) is 0 Å². The van der Waals surface area contributed by atoms with Gasteiger partial charge in [-0.2, -0.15) is 0 Å². The fourth-order valence-corrected chi connectivity index (χ4v) is 2.06. The topological polar surface area (TPSA) is 57.2 Å². The molecule has 0 aliphatic heterocycles. The van der Waals surface area contributed by atoms with Gasteiger partial charge in [-0.3, -0.25) is 0 Å². The Bertz CT molecular complexity index is 364. The van der Waals surface area contributed by atoms with Gasteiger partial charge in [0.05, 0.1) is 5.60 Å². The highest BCUT2D eigenvalue weighted by atomic mass is 16.3. The number of pyridine rings is 1. The third-order valence-electron chi connectivity index (χ3n) is 2.64. The molecular formula is C14H25N3O. The molecule has 4 nitrogen and oxygen atoms in total. The smallest absolute Gasteiger partial charge is 0.127 e. The third-order valence-corrected chi connectivity index (χ3v) is 2.64. The first-order chi connectivity index (χ1) is 8.43. The van der Waals surface area contributed by atoms with Gasteiger partial charge in [0.1, 0.15) is 5.82 Å². The van der Waals surface area contributed by atoms with Gasteiger partial charge in [-0.05, 0) is 32.3 Å². The maximum atomic E-state index is 10.2. The van der Waals surface area contributed by atoms with Crippen LogP contribution in [-0.4, -0.2) is 28.8 Å². The van der Waals surface area contributed by atoms with Gasteiger partial charge >= 0.3 is 0 Å². The Morgan fingerprint density at radius 1 is 1.39 bits per heavy atom. The zero-order chi connectivity index (χ0) is 13.6. The Hall–Kier alpha value is -1.29. The molecule has 1 unspecified atom stereocenters. The molecule has 0 saturated carbocycles. The fourth-order valence-electron chi connectivity index (χ4n) is 2.06. The van der Waals surface area contributed by atoms with E-state index in [4.69, 9.17) is 0 Å². The lowest BCUT2D eigenvalue weighted by Gasteiger charge is -2.26. The molecule has 4 heteroatoms. The van der Waals surface area contributed by atoms with E-state index in [2.05, 4.69) is 29.5 Å². The minimum absolute atomic E-state index is 0.483. The van der Waals surface area contributed by atoms with Crippen LogP contribution in [-0.2, 0) is 0 Å². The second-order valence-corrected chi connectivity index (χ2v) is 5.41. The number of hydrogen-bond acceptors (Lipinski definition) is 4. The van der Waals surface area contributed by atoms with Crippen LogP contribution in [0.3, 0.4) is 0 Å². The number of nitrogens with one attached hydrogen (secondary N) is 2. The summed E-state index contributed by atoms with van der Waals surface area (Å²) in [6.45, 7) is 9.53. The van der Waals surface area contributed by atoms with E-state index in [1.54, 1.807) is 6.20 Å². The van der Waals surface area contributed by atoms with E-state index in [0.29, 0.717) is 12.5 Å². The highest BCUT2D eigenvalue weighted by Gasteiger charge is 2.21. The van der Waals surface area contributed by atoms with Gasteiger partial charge in [-0.25, -0.2) is 4.98 Å². The molecule has 1 aromatic rings. The van der Waals surface area contributed by atoms with Crippen molar-refractivity contribution in [2.75, 3.05) is 23.7 Å². The van der Waals surface area contributed by atoms with Crippen molar-refractivity contribution in [2.24, 2.45) is 5.92 Å². The predicted molar refractivity (Wildman–Crippen MR) is 77.0 cm³/mol.